The van der Waals surface area contributed by atoms with Gasteiger partial charge in [0.05, 0.1) is 11.6 Å². The summed E-state index contributed by atoms with van der Waals surface area (Å²) in [6.07, 6.45) is 0. The predicted octanol–water partition coefficient (Wildman–Crippen LogP) is 4.11. The van der Waals surface area contributed by atoms with Crippen LogP contribution >= 0.6 is 11.6 Å². The van der Waals surface area contributed by atoms with Crippen LogP contribution in [0.25, 0.3) is 0 Å². The van der Waals surface area contributed by atoms with Crippen molar-refractivity contribution in [2.45, 2.75) is 13.0 Å². The average Bonchev–Trinajstić information content (AvgIpc) is 2.42. The maximum Gasteiger partial charge on any atom is 0.254 e. The largest absolute Gasteiger partial charge is 0.345 e. The number of amides is 1. The van der Waals surface area contributed by atoms with E-state index in [0.717, 1.165) is 11.6 Å². The van der Waals surface area contributed by atoms with Gasteiger partial charge in [-0.05, 0) is 42.8 Å². The fourth-order valence-electron chi connectivity index (χ4n) is 1.78. The number of hydrogen-bond donors (Lipinski definition) is 1. The number of carbonyl (C=O) groups is 1. The van der Waals surface area contributed by atoms with E-state index >= 15 is 0 Å². The van der Waals surface area contributed by atoms with E-state index in [1.54, 1.807) is 19.1 Å². The Morgan fingerprint density at radius 3 is 2.45 bits per heavy atom. The van der Waals surface area contributed by atoms with E-state index in [0.29, 0.717) is 0 Å². The van der Waals surface area contributed by atoms with Gasteiger partial charge in [0.2, 0.25) is 0 Å². The van der Waals surface area contributed by atoms with Crippen LogP contribution in [0, 0.1) is 11.6 Å². The van der Waals surface area contributed by atoms with Gasteiger partial charge in [0, 0.05) is 5.02 Å². The molecule has 0 aliphatic rings. The minimum absolute atomic E-state index is 0.119. The third kappa shape index (κ3) is 3.33. The second-order valence-corrected chi connectivity index (χ2v) is 4.81. The highest BCUT2D eigenvalue weighted by atomic mass is 35.5. The Hall–Kier alpha value is -1.94. The highest BCUT2D eigenvalue weighted by molar-refractivity contribution is 6.31. The first-order chi connectivity index (χ1) is 9.47. The fraction of sp³-hybridized carbons (Fsp3) is 0.133. The summed E-state index contributed by atoms with van der Waals surface area (Å²) in [5.41, 5.74) is 0.605. The zero-order valence-electron chi connectivity index (χ0n) is 10.7. The minimum atomic E-state index is -0.641. The number of carbonyl (C=O) groups excluding carboxylic acids is 1. The third-order valence-electron chi connectivity index (χ3n) is 2.89. The SMILES string of the molecule is CC(NC(=O)c1cc(Cl)ccc1F)c1ccc(F)cc1. The molecule has 0 aliphatic heterocycles. The molecular formula is C15H12ClF2NO. The van der Waals surface area contributed by atoms with Crippen molar-refractivity contribution in [1.29, 1.82) is 0 Å². The van der Waals surface area contributed by atoms with Crippen molar-refractivity contribution in [2.24, 2.45) is 0 Å². The molecule has 0 spiro atoms. The predicted molar refractivity (Wildman–Crippen MR) is 73.7 cm³/mol. The van der Waals surface area contributed by atoms with Gasteiger partial charge < -0.3 is 5.32 Å². The van der Waals surface area contributed by atoms with Crippen molar-refractivity contribution in [3.8, 4) is 0 Å². The second-order valence-electron chi connectivity index (χ2n) is 4.37. The lowest BCUT2D eigenvalue weighted by Gasteiger charge is -2.14. The maximum absolute atomic E-state index is 13.6. The van der Waals surface area contributed by atoms with Crippen LogP contribution < -0.4 is 5.32 Å². The standard InChI is InChI=1S/C15H12ClF2NO/c1-9(10-2-5-12(17)6-3-10)19-15(20)13-8-11(16)4-7-14(13)18/h2-9H,1H3,(H,19,20). The van der Waals surface area contributed by atoms with E-state index in [-0.39, 0.29) is 22.4 Å². The van der Waals surface area contributed by atoms with Gasteiger partial charge in [-0.25, -0.2) is 8.78 Å². The molecule has 0 radical (unpaired) electrons. The van der Waals surface area contributed by atoms with Crippen molar-refractivity contribution in [2.75, 3.05) is 0 Å². The fourth-order valence-corrected chi connectivity index (χ4v) is 1.95. The summed E-state index contributed by atoms with van der Waals surface area (Å²) in [5, 5.41) is 2.92. The number of hydrogen-bond acceptors (Lipinski definition) is 1. The molecule has 1 amide bonds. The number of halogens is 3. The normalized spacial score (nSPS) is 12.0. The monoisotopic (exact) mass is 295 g/mol. The second kappa shape index (κ2) is 6.01. The highest BCUT2D eigenvalue weighted by Crippen LogP contribution is 2.17. The first-order valence-corrected chi connectivity index (χ1v) is 6.36. The summed E-state index contributed by atoms with van der Waals surface area (Å²) in [5.74, 6) is -1.56. The molecule has 5 heteroatoms. The Balaban J connectivity index is 2.15. The van der Waals surface area contributed by atoms with Crippen LogP contribution in [0.4, 0.5) is 8.78 Å². The van der Waals surface area contributed by atoms with Crippen LogP contribution in [0.3, 0.4) is 0 Å². The highest BCUT2D eigenvalue weighted by Gasteiger charge is 2.15. The van der Waals surface area contributed by atoms with Crippen LogP contribution in [-0.2, 0) is 0 Å². The van der Waals surface area contributed by atoms with Gasteiger partial charge in [-0.15, -0.1) is 0 Å². The summed E-state index contributed by atoms with van der Waals surface area (Å²) in [4.78, 5) is 12.0. The Bertz CT molecular complexity index is 628. The van der Waals surface area contributed by atoms with Gasteiger partial charge in [-0.3, -0.25) is 4.79 Å². The summed E-state index contributed by atoms with van der Waals surface area (Å²) >= 11 is 5.74. The Morgan fingerprint density at radius 2 is 1.80 bits per heavy atom. The molecule has 2 rings (SSSR count). The molecule has 0 fully saturated rings. The van der Waals surface area contributed by atoms with Crippen LogP contribution in [0.1, 0.15) is 28.9 Å². The van der Waals surface area contributed by atoms with Gasteiger partial charge in [0.25, 0.3) is 5.91 Å². The maximum atomic E-state index is 13.6. The molecule has 20 heavy (non-hydrogen) atoms. The minimum Gasteiger partial charge on any atom is -0.345 e. The lowest BCUT2D eigenvalue weighted by atomic mass is 10.1. The van der Waals surface area contributed by atoms with Crippen LogP contribution in [-0.4, -0.2) is 5.91 Å². The van der Waals surface area contributed by atoms with E-state index in [1.807, 2.05) is 0 Å². The molecule has 0 saturated heterocycles. The van der Waals surface area contributed by atoms with Gasteiger partial charge >= 0.3 is 0 Å². The third-order valence-corrected chi connectivity index (χ3v) is 3.13. The molecule has 1 N–H and O–H groups in total. The van der Waals surface area contributed by atoms with Crippen molar-refractivity contribution in [3.63, 3.8) is 0 Å². The van der Waals surface area contributed by atoms with Crippen molar-refractivity contribution in [1.82, 2.24) is 5.32 Å². The van der Waals surface area contributed by atoms with Gasteiger partial charge in [0.1, 0.15) is 11.6 Å². The molecule has 104 valence electrons. The molecule has 2 aromatic carbocycles. The van der Waals surface area contributed by atoms with Crippen molar-refractivity contribution >= 4 is 17.5 Å². The van der Waals surface area contributed by atoms with E-state index in [2.05, 4.69) is 5.32 Å². The summed E-state index contributed by atoms with van der Waals surface area (Å²) in [7, 11) is 0. The molecule has 0 heterocycles. The molecule has 2 nitrogen and oxygen atoms in total. The van der Waals surface area contributed by atoms with E-state index in [9.17, 15) is 13.6 Å². The lowest BCUT2D eigenvalue weighted by Crippen LogP contribution is -2.27. The average molecular weight is 296 g/mol. The van der Waals surface area contributed by atoms with E-state index < -0.39 is 11.7 Å². The first-order valence-electron chi connectivity index (χ1n) is 5.99. The van der Waals surface area contributed by atoms with Crippen LogP contribution in [0.5, 0.6) is 0 Å². The molecule has 0 aromatic heterocycles. The summed E-state index contributed by atoms with van der Waals surface area (Å²) in [6.45, 7) is 1.73. The molecule has 2 aromatic rings. The van der Waals surface area contributed by atoms with Gasteiger partial charge in [-0.1, -0.05) is 23.7 Å². The number of nitrogens with one attached hydrogen (secondary N) is 1. The quantitative estimate of drug-likeness (QED) is 0.907. The topological polar surface area (TPSA) is 29.1 Å². The zero-order chi connectivity index (χ0) is 14.7. The zero-order valence-corrected chi connectivity index (χ0v) is 11.4. The van der Waals surface area contributed by atoms with E-state index in [4.69, 9.17) is 11.6 Å². The lowest BCUT2D eigenvalue weighted by molar-refractivity contribution is 0.0936. The summed E-state index contributed by atoms with van der Waals surface area (Å²) < 4.78 is 26.4. The molecule has 0 saturated carbocycles. The number of benzene rings is 2. The van der Waals surface area contributed by atoms with Crippen LogP contribution in [0.2, 0.25) is 5.02 Å². The smallest absolute Gasteiger partial charge is 0.254 e. The van der Waals surface area contributed by atoms with E-state index in [1.165, 1.54) is 24.3 Å². The Kier molecular flexibility index (Phi) is 4.35. The summed E-state index contributed by atoms with van der Waals surface area (Å²) in [6, 6.07) is 9.14. The molecule has 1 unspecified atom stereocenters. The first kappa shape index (κ1) is 14.5. The number of rotatable bonds is 3. The molecular weight excluding hydrogens is 284 g/mol. The molecule has 0 bridgehead atoms. The molecule has 1 atom stereocenters. The Morgan fingerprint density at radius 1 is 1.15 bits per heavy atom. The van der Waals surface area contributed by atoms with Gasteiger partial charge in [-0.2, -0.15) is 0 Å². The van der Waals surface area contributed by atoms with Crippen molar-refractivity contribution in [3.05, 3.63) is 70.2 Å². The molecule has 0 aliphatic carbocycles. The van der Waals surface area contributed by atoms with Crippen molar-refractivity contribution < 1.29 is 13.6 Å². The Labute approximate surface area is 120 Å². The van der Waals surface area contributed by atoms with Gasteiger partial charge in [0.15, 0.2) is 0 Å². The van der Waals surface area contributed by atoms with Crippen LogP contribution in [0.15, 0.2) is 42.5 Å².